The zero-order valence-corrected chi connectivity index (χ0v) is 23.7. The van der Waals surface area contributed by atoms with E-state index in [1.807, 2.05) is 32.0 Å². The number of carbonyl (C=O) groups excluding carboxylic acids is 2. The van der Waals surface area contributed by atoms with Gasteiger partial charge in [-0.3, -0.25) is 9.69 Å². The number of pyridine rings is 1. The largest absolute Gasteiger partial charge is 0.417 e. The SMILES string of the molecule is COC(C)c1ccc(C)cc1N1C(=O)CS/C1=N\C(=O)Nc1ccc(-c2ncn(-c3ccc(C(F)(F)F)cn3)n2)cc1F. The maximum absolute atomic E-state index is 15.0. The summed E-state index contributed by atoms with van der Waals surface area (Å²) in [5.74, 6) is -0.833. The number of alkyl halides is 3. The number of amides is 3. The Morgan fingerprint density at radius 1 is 1.14 bits per heavy atom. The molecule has 1 atom stereocenters. The Kier molecular flexibility index (Phi) is 8.28. The van der Waals surface area contributed by atoms with Gasteiger partial charge in [0.15, 0.2) is 16.8 Å². The predicted octanol–water partition coefficient (Wildman–Crippen LogP) is 6.17. The first kappa shape index (κ1) is 29.8. The van der Waals surface area contributed by atoms with E-state index in [-0.39, 0.29) is 45.8 Å². The van der Waals surface area contributed by atoms with E-state index < -0.39 is 23.6 Å². The number of carbonyl (C=O) groups is 2. The second kappa shape index (κ2) is 11.9. The summed E-state index contributed by atoms with van der Waals surface area (Å²) in [6, 6.07) is 10.5. The van der Waals surface area contributed by atoms with Gasteiger partial charge < -0.3 is 10.1 Å². The minimum absolute atomic E-state index is 0.0750. The summed E-state index contributed by atoms with van der Waals surface area (Å²) in [4.78, 5) is 38.8. The average Bonchev–Trinajstić information content (AvgIpc) is 3.60. The Morgan fingerprint density at radius 2 is 1.93 bits per heavy atom. The standard InChI is InChI=1S/C28H23F4N7O3S/c1-15-4-7-19(16(2)42-3)22(10-15)39-24(40)13-43-27(39)36-26(41)35-21-8-5-17(11-20(21)29)25-34-14-38(37-25)23-9-6-18(12-33-23)28(30,31)32/h4-12,14,16H,13H2,1-3H3,(H,35,41)/b36-27-. The van der Waals surface area contributed by atoms with Crippen LogP contribution in [-0.4, -0.2) is 49.7 Å². The van der Waals surface area contributed by atoms with Crippen molar-refractivity contribution in [2.24, 2.45) is 4.99 Å². The van der Waals surface area contributed by atoms with Gasteiger partial charge in [-0.05, 0) is 55.8 Å². The van der Waals surface area contributed by atoms with Crippen LogP contribution < -0.4 is 10.2 Å². The second-order valence-corrected chi connectivity index (χ2v) is 10.3. The number of methoxy groups -OCH3 is 1. The van der Waals surface area contributed by atoms with E-state index in [1.54, 1.807) is 7.11 Å². The molecule has 1 aliphatic heterocycles. The van der Waals surface area contributed by atoms with Crippen molar-refractivity contribution in [3.8, 4) is 17.2 Å². The summed E-state index contributed by atoms with van der Waals surface area (Å²) in [7, 11) is 1.55. The summed E-state index contributed by atoms with van der Waals surface area (Å²) in [5.41, 5.74) is 1.34. The lowest BCUT2D eigenvalue weighted by Crippen LogP contribution is -2.31. The summed E-state index contributed by atoms with van der Waals surface area (Å²) in [5, 5.41) is 6.68. The molecule has 1 aliphatic rings. The number of anilines is 2. The molecule has 10 nitrogen and oxygen atoms in total. The van der Waals surface area contributed by atoms with Crippen molar-refractivity contribution in [1.29, 1.82) is 0 Å². The first-order valence-electron chi connectivity index (χ1n) is 12.7. The van der Waals surface area contributed by atoms with Crippen LogP contribution in [-0.2, 0) is 15.7 Å². The monoisotopic (exact) mass is 613 g/mol. The number of aromatic nitrogens is 4. The number of nitrogens with one attached hydrogen (secondary N) is 1. The molecule has 5 rings (SSSR count). The highest BCUT2D eigenvalue weighted by atomic mass is 32.2. The number of hydrogen-bond donors (Lipinski definition) is 1. The third kappa shape index (κ3) is 6.41. The molecule has 1 fully saturated rings. The minimum atomic E-state index is -4.53. The van der Waals surface area contributed by atoms with Crippen LogP contribution in [0.5, 0.6) is 0 Å². The molecule has 2 aromatic carbocycles. The van der Waals surface area contributed by atoms with E-state index in [4.69, 9.17) is 4.74 Å². The Labute approximate surface area is 246 Å². The normalized spacial score (nSPS) is 15.3. The van der Waals surface area contributed by atoms with Crippen molar-refractivity contribution >= 4 is 40.2 Å². The molecule has 0 spiro atoms. The fourth-order valence-corrected chi connectivity index (χ4v) is 5.04. The molecule has 4 aromatic rings. The number of hydrogen-bond acceptors (Lipinski definition) is 7. The quantitative estimate of drug-likeness (QED) is 0.259. The molecule has 222 valence electrons. The highest BCUT2D eigenvalue weighted by Gasteiger charge is 2.33. The molecule has 1 N–H and O–H groups in total. The molecule has 3 heterocycles. The minimum Gasteiger partial charge on any atom is -0.377 e. The van der Waals surface area contributed by atoms with Crippen LogP contribution in [0.25, 0.3) is 17.2 Å². The third-order valence-corrected chi connectivity index (χ3v) is 7.37. The van der Waals surface area contributed by atoms with Crippen LogP contribution in [0.2, 0.25) is 0 Å². The van der Waals surface area contributed by atoms with Crippen molar-refractivity contribution in [1.82, 2.24) is 19.7 Å². The first-order valence-corrected chi connectivity index (χ1v) is 13.7. The number of aliphatic imine (C=N–C) groups is 1. The fourth-order valence-electron chi connectivity index (χ4n) is 4.18. The fraction of sp³-hybridized carbons (Fsp3) is 0.214. The number of thioether (sulfide) groups is 1. The zero-order valence-electron chi connectivity index (χ0n) is 22.9. The van der Waals surface area contributed by atoms with Gasteiger partial charge in [-0.15, -0.1) is 5.10 Å². The van der Waals surface area contributed by atoms with Crippen molar-refractivity contribution in [3.05, 3.63) is 83.6 Å². The summed E-state index contributed by atoms with van der Waals surface area (Å²) in [6.07, 6.45) is -2.95. The number of halogens is 4. The number of aryl methyl sites for hydroxylation is 1. The predicted molar refractivity (Wildman–Crippen MR) is 153 cm³/mol. The maximum atomic E-state index is 15.0. The molecule has 0 aliphatic carbocycles. The molecule has 0 saturated carbocycles. The van der Waals surface area contributed by atoms with E-state index in [0.717, 1.165) is 45.8 Å². The van der Waals surface area contributed by atoms with Gasteiger partial charge in [-0.1, -0.05) is 23.9 Å². The van der Waals surface area contributed by atoms with Gasteiger partial charge in [0.2, 0.25) is 5.91 Å². The van der Waals surface area contributed by atoms with Crippen molar-refractivity contribution in [2.45, 2.75) is 26.1 Å². The highest BCUT2D eigenvalue weighted by molar-refractivity contribution is 8.15. The number of nitrogens with zero attached hydrogens (tertiary/aromatic N) is 6. The van der Waals surface area contributed by atoms with Crippen LogP contribution in [0.1, 0.15) is 29.7 Å². The second-order valence-electron chi connectivity index (χ2n) is 9.39. The number of amidine groups is 1. The van der Waals surface area contributed by atoms with Crippen LogP contribution in [0.15, 0.2) is 66.0 Å². The lowest BCUT2D eigenvalue weighted by Gasteiger charge is -2.23. The molecule has 15 heteroatoms. The Bertz CT molecular complexity index is 1720. The number of rotatable bonds is 6. The van der Waals surface area contributed by atoms with Gasteiger partial charge in [0.1, 0.15) is 12.1 Å². The average molecular weight is 614 g/mol. The Hall–Kier alpha value is -4.63. The topological polar surface area (TPSA) is 115 Å². The number of urea groups is 1. The van der Waals surface area contributed by atoms with Gasteiger partial charge in [0, 0.05) is 24.4 Å². The Morgan fingerprint density at radius 3 is 2.60 bits per heavy atom. The number of ether oxygens (including phenoxy) is 1. The molecule has 43 heavy (non-hydrogen) atoms. The van der Waals surface area contributed by atoms with E-state index in [9.17, 15) is 27.2 Å². The highest BCUT2D eigenvalue weighted by Crippen LogP contribution is 2.35. The summed E-state index contributed by atoms with van der Waals surface area (Å²) < 4.78 is 60.0. The van der Waals surface area contributed by atoms with E-state index in [1.165, 1.54) is 23.4 Å². The molecular weight excluding hydrogens is 590 g/mol. The first-order chi connectivity index (χ1) is 20.4. The zero-order chi connectivity index (χ0) is 30.9. The van der Waals surface area contributed by atoms with Crippen LogP contribution in [0.3, 0.4) is 0 Å². The van der Waals surface area contributed by atoms with Gasteiger partial charge in [-0.25, -0.2) is 23.8 Å². The lowest BCUT2D eigenvalue weighted by atomic mass is 10.0. The van der Waals surface area contributed by atoms with Gasteiger partial charge >= 0.3 is 12.2 Å². The summed E-state index contributed by atoms with van der Waals surface area (Å²) in [6.45, 7) is 3.71. The van der Waals surface area contributed by atoms with E-state index >= 15 is 0 Å². The van der Waals surface area contributed by atoms with E-state index in [0.29, 0.717) is 11.9 Å². The van der Waals surface area contributed by atoms with Crippen LogP contribution in [0, 0.1) is 12.7 Å². The van der Waals surface area contributed by atoms with E-state index in [2.05, 4.69) is 25.4 Å². The van der Waals surface area contributed by atoms with Crippen molar-refractivity contribution < 1.29 is 31.9 Å². The van der Waals surface area contributed by atoms with Gasteiger partial charge in [-0.2, -0.15) is 18.2 Å². The molecule has 0 radical (unpaired) electrons. The molecule has 1 saturated heterocycles. The smallest absolute Gasteiger partial charge is 0.377 e. The van der Waals surface area contributed by atoms with Crippen molar-refractivity contribution in [3.63, 3.8) is 0 Å². The maximum Gasteiger partial charge on any atom is 0.417 e. The molecule has 1 unspecified atom stereocenters. The molecule has 2 aromatic heterocycles. The van der Waals surface area contributed by atoms with Crippen molar-refractivity contribution in [2.75, 3.05) is 23.1 Å². The molecule has 3 amide bonds. The number of benzene rings is 2. The van der Waals surface area contributed by atoms with Crippen LogP contribution >= 0.6 is 11.8 Å². The summed E-state index contributed by atoms with van der Waals surface area (Å²) >= 11 is 1.08. The Balaban J connectivity index is 1.33. The van der Waals surface area contributed by atoms with Gasteiger partial charge in [0.05, 0.1) is 28.8 Å². The molecule has 0 bridgehead atoms. The van der Waals surface area contributed by atoms with Crippen LogP contribution in [0.4, 0.5) is 33.7 Å². The lowest BCUT2D eigenvalue weighted by molar-refractivity contribution is -0.137. The van der Waals surface area contributed by atoms with Gasteiger partial charge in [0.25, 0.3) is 0 Å². The third-order valence-electron chi connectivity index (χ3n) is 6.45. The molecular formula is C28H23F4N7O3S.